The van der Waals surface area contributed by atoms with E-state index < -0.39 is 10.0 Å². The van der Waals surface area contributed by atoms with E-state index in [1.165, 1.54) is 11.3 Å². The molecule has 1 aromatic heterocycles. The van der Waals surface area contributed by atoms with Crippen molar-refractivity contribution in [2.75, 3.05) is 19.6 Å². The SMILES string of the molecule is CCNCc1cc(S(=O)(=O)N2CCCC(CC)CC2)cs1. The molecule has 1 aliphatic rings. The summed E-state index contributed by atoms with van der Waals surface area (Å²) in [5, 5.41) is 5.02. The average Bonchev–Trinajstić information content (AvgIpc) is 2.82. The molecule has 21 heavy (non-hydrogen) atoms. The molecule has 2 heterocycles. The number of hydrogen-bond acceptors (Lipinski definition) is 4. The number of sulfonamides is 1. The van der Waals surface area contributed by atoms with E-state index in [1.807, 2.05) is 13.0 Å². The molecule has 1 fully saturated rings. The molecule has 1 atom stereocenters. The van der Waals surface area contributed by atoms with Gasteiger partial charge >= 0.3 is 0 Å². The number of thiophene rings is 1. The summed E-state index contributed by atoms with van der Waals surface area (Å²) in [5.74, 6) is 0.678. The van der Waals surface area contributed by atoms with Crippen molar-refractivity contribution >= 4 is 21.4 Å². The lowest BCUT2D eigenvalue weighted by atomic mass is 9.98. The molecule has 1 saturated heterocycles. The van der Waals surface area contributed by atoms with Gasteiger partial charge in [0.25, 0.3) is 0 Å². The molecule has 1 aliphatic heterocycles. The van der Waals surface area contributed by atoms with Gasteiger partial charge in [-0.15, -0.1) is 11.3 Å². The molecular weight excluding hydrogens is 304 g/mol. The molecule has 0 radical (unpaired) electrons. The maximum atomic E-state index is 12.7. The molecule has 0 spiro atoms. The highest BCUT2D eigenvalue weighted by atomic mass is 32.2. The van der Waals surface area contributed by atoms with E-state index in [9.17, 15) is 8.42 Å². The van der Waals surface area contributed by atoms with E-state index in [0.717, 1.165) is 43.6 Å². The number of rotatable bonds is 6. The van der Waals surface area contributed by atoms with Gasteiger partial charge in [-0.1, -0.05) is 20.3 Å². The van der Waals surface area contributed by atoms with Gasteiger partial charge in [0.15, 0.2) is 0 Å². The fraction of sp³-hybridized carbons (Fsp3) is 0.733. The van der Waals surface area contributed by atoms with Crippen molar-refractivity contribution in [3.8, 4) is 0 Å². The Bertz CT molecular complexity index is 540. The molecule has 0 bridgehead atoms. The van der Waals surface area contributed by atoms with Crippen molar-refractivity contribution in [3.63, 3.8) is 0 Å². The molecule has 6 heteroatoms. The molecule has 1 aromatic rings. The molecular formula is C15H26N2O2S2. The van der Waals surface area contributed by atoms with Gasteiger partial charge in [-0.05, 0) is 37.8 Å². The largest absolute Gasteiger partial charge is 0.312 e. The lowest BCUT2D eigenvalue weighted by Crippen LogP contribution is -2.31. The molecule has 1 N–H and O–H groups in total. The Morgan fingerprint density at radius 3 is 2.86 bits per heavy atom. The van der Waals surface area contributed by atoms with Gasteiger partial charge in [0.2, 0.25) is 10.0 Å². The van der Waals surface area contributed by atoms with Crippen molar-refractivity contribution in [2.24, 2.45) is 5.92 Å². The summed E-state index contributed by atoms with van der Waals surface area (Å²) in [6.07, 6.45) is 4.27. The lowest BCUT2D eigenvalue weighted by molar-refractivity contribution is 0.407. The Balaban J connectivity index is 2.08. The van der Waals surface area contributed by atoms with Gasteiger partial charge < -0.3 is 5.32 Å². The minimum atomic E-state index is -3.31. The summed E-state index contributed by atoms with van der Waals surface area (Å²) >= 11 is 1.52. The van der Waals surface area contributed by atoms with Crippen molar-refractivity contribution < 1.29 is 8.42 Å². The van der Waals surface area contributed by atoms with Gasteiger partial charge in [-0.3, -0.25) is 0 Å². The van der Waals surface area contributed by atoms with Crippen LogP contribution in [0.5, 0.6) is 0 Å². The van der Waals surface area contributed by atoms with E-state index in [2.05, 4.69) is 12.2 Å². The van der Waals surface area contributed by atoms with Crippen LogP contribution < -0.4 is 5.32 Å². The summed E-state index contributed by atoms with van der Waals surface area (Å²) in [4.78, 5) is 1.55. The minimum Gasteiger partial charge on any atom is -0.312 e. The van der Waals surface area contributed by atoms with Crippen molar-refractivity contribution in [1.29, 1.82) is 0 Å². The van der Waals surface area contributed by atoms with Crippen LogP contribution in [0.15, 0.2) is 16.3 Å². The summed E-state index contributed by atoms with van der Waals surface area (Å²) in [5.41, 5.74) is 0. The van der Waals surface area contributed by atoms with Crippen molar-refractivity contribution in [1.82, 2.24) is 9.62 Å². The average molecular weight is 331 g/mol. The quantitative estimate of drug-likeness (QED) is 0.872. The molecule has 0 aromatic carbocycles. The fourth-order valence-electron chi connectivity index (χ4n) is 2.77. The summed E-state index contributed by atoms with van der Waals surface area (Å²) < 4.78 is 27.2. The van der Waals surface area contributed by atoms with Crippen LogP contribution in [-0.2, 0) is 16.6 Å². The van der Waals surface area contributed by atoms with Gasteiger partial charge in [-0.25, -0.2) is 8.42 Å². The number of nitrogens with one attached hydrogen (secondary N) is 1. The Morgan fingerprint density at radius 2 is 2.14 bits per heavy atom. The van der Waals surface area contributed by atoms with Gasteiger partial charge in [-0.2, -0.15) is 4.31 Å². The minimum absolute atomic E-state index is 0.468. The van der Waals surface area contributed by atoms with Crippen LogP contribution in [0.2, 0.25) is 0 Å². The van der Waals surface area contributed by atoms with E-state index in [1.54, 1.807) is 9.69 Å². The Hall–Kier alpha value is -0.430. The standard InChI is InChI=1S/C15H26N2O2S2/c1-3-13-6-5-8-17(9-7-13)21(18,19)15-10-14(20-12-15)11-16-4-2/h10,12-13,16H,3-9,11H2,1-2H3. The maximum absolute atomic E-state index is 12.7. The van der Waals surface area contributed by atoms with E-state index >= 15 is 0 Å². The highest BCUT2D eigenvalue weighted by molar-refractivity contribution is 7.89. The van der Waals surface area contributed by atoms with Crippen LogP contribution in [0.3, 0.4) is 0 Å². The molecule has 0 amide bonds. The van der Waals surface area contributed by atoms with Crippen LogP contribution in [0.1, 0.15) is 44.4 Å². The van der Waals surface area contributed by atoms with Crippen LogP contribution in [-0.4, -0.2) is 32.4 Å². The van der Waals surface area contributed by atoms with Crippen LogP contribution in [0.25, 0.3) is 0 Å². The Morgan fingerprint density at radius 1 is 1.33 bits per heavy atom. The first-order chi connectivity index (χ1) is 10.1. The van der Waals surface area contributed by atoms with Crippen LogP contribution in [0.4, 0.5) is 0 Å². The molecule has 120 valence electrons. The topological polar surface area (TPSA) is 49.4 Å². The molecule has 2 rings (SSSR count). The van der Waals surface area contributed by atoms with E-state index in [4.69, 9.17) is 0 Å². The normalized spacial score (nSPS) is 21.3. The van der Waals surface area contributed by atoms with Gasteiger partial charge in [0.05, 0.1) is 4.90 Å². The zero-order chi connectivity index (χ0) is 15.3. The Kier molecular flexibility index (Phi) is 6.22. The zero-order valence-electron chi connectivity index (χ0n) is 13.0. The first-order valence-electron chi connectivity index (χ1n) is 7.86. The number of nitrogens with zero attached hydrogens (tertiary/aromatic N) is 1. The second-order valence-corrected chi connectivity index (χ2v) is 8.57. The predicted molar refractivity (Wildman–Crippen MR) is 88.1 cm³/mol. The highest BCUT2D eigenvalue weighted by Gasteiger charge is 2.27. The fourth-order valence-corrected chi connectivity index (χ4v) is 5.50. The first-order valence-corrected chi connectivity index (χ1v) is 10.2. The lowest BCUT2D eigenvalue weighted by Gasteiger charge is -2.19. The Labute approximate surface area is 132 Å². The maximum Gasteiger partial charge on any atom is 0.243 e. The van der Waals surface area contributed by atoms with Crippen LogP contribution >= 0.6 is 11.3 Å². The monoisotopic (exact) mass is 330 g/mol. The van der Waals surface area contributed by atoms with Gasteiger partial charge in [0.1, 0.15) is 0 Å². The summed E-state index contributed by atoms with van der Waals surface area (Å²) in [6.45, 7) is 7.21. The van der Waals surface area contributed by atoms with Crippen LogP contribution in [0, 0.1) is 5.92 Å². The third kappa shape index (κ3) is 4.28. The number of hydrogen-bond donors (Lipinski definition) is 1. The van der Waals surface area contributed by atoms with Crippen molar-refractivity contribution in [3.05, 3.63) is 16.3 Å². The first kappa shape index (κ1) is 16.9. The molecule has 0 saturated carbocycles. The highest BCUT2D eigenvalue weighted by Crippen LogP contribution is 2.27. The predicted octanol–water partition coefficient (Wildman–Crippen LogP) is 3.06. The van der Waals surface area contributed by atoms with E-state index in [0.29, 0.717) is 23.9 Å². The van der Waals surface area contributed by atoms with E-state index in [-0.39, 0.29) is 0 Å². The second-order valence-electron chi connectivity index (χ2n) is 5.64. The molecule has 0 aliphatic carbocycles. The summed E-state index contributed by atoms with van der Waals surface area (Å²) in [6, 6.07) is 1.82. The zero-order valence-corrected chi connectivity index (χ0v) is 14.6. The smallest absolute Gasteiger partial charge is 0.243 e. The molecule has 4 nitrogen and oxygen atoms in total. The second kappa shape index (κ2) is 7.72. The molecule has 1 unspecified atom stereocenters. The van der Waals surface area contributed by atoms with Crippen molar-refractivity contribution in [2.45, 2.75) is 51.0 Å². The van der Waals surface area contributed by atoms with Gasteiger partial charge in [0, 0.05) is 29.9 Å². The third-order valence-corrected chi connectivity index (χ3v) is 7.16. The third-order valence-electron chi connectivity index (χ3n) is 4.20. The summed E-state index contributed by atoms with van der Waals surface area (Å²) in [7, 11) is -3.31.